The van der Waals surface area contributed by atoms with Crippen molar-refractivity contribution in [3.63, 3.8) is 0 Å². The Hall–Kier alpha value is -1.47. The van der Waals surface area contributed by atoms with Gasteiger partial charge in [-0.2, -0.15) is 0 Å². The molecule has 6 nitrogen and oxygen atoms in total. The summed E-state index contributed by atoms with van der Waals surface area (Å²) in [7, 11) is 0. The van der Waals surface area contributed by atoms with Gasteiger partial charge in [0.1, 0.15) is 0 Å². The van der Waals surface area contributed by atoms with E-state index in [4.69, 9.17) is 5.11 Å². The first-order valence-corrected chi connectivity index (χ1v) is 7.84. The van der Waals surface area contributed by atoms with E-state index in [1.54, 1.807) is 6.92 Å². The molecule has 0 aliphatic heterocycles. The molecule has 0 aromatic carbocycles. The number of carbonyl (C=O) groups is 1. The van der Waals surface area contributed by atoms with Crippen LogP contribution in [-0.4, -0.2) is 29.1 Å². The minimum absolute atomic E-state index is 0.0160. The number of carbonyl (C=O) groups excluding carboxylic acids is 1. The topological polar surface area (TPSA) is 92.5 Å². The molecule has 1 heterocycles. The fourth-order valence-corrected chi connectivity index (χ4v) is 3.20. The molecule has 1 aromatic heterocycles. The highest BCUT2D eigenvalue weighted by atomic mass is 32.1. The molecule has 0 fully saturated rings. The van der Waals surface area contributed by atoms with Crippen molar-refractivity contribution < 1.29 is 14.8 Å². The van der Waals surface area contributed by atoms with E-state index in [0.717, 1.165) is 24.2 Å². The highest BCUT2D eigenvalue weighted by Gasteiger charge is 2.27. The van der Waals surface area contributed by atoms with Crippen LogP contribution in [0, 0.1) is 22.5 Å². The Balaban J connectivity index is 2.77. The molecule has 7 heteroatoms. The molecular formula is C14H22N2O4S. The highest BCUT2D eigenvalue weighted by Crippen LogP contribution is 2.31. The quantitative estimate of drug-likeness (QED) is 0.570. The predicted molar refractivity (Wildman–Crippen MR) is 82.8 cm³/mol. The summed E-state index contributed by atoms with van der Waals surface area (Å²) in [5.74, 6) is -0.291. The van der Waals surface area contributed by atoms with Crippen molar-refractivity contribution in [3.8, 4) is 0 Å². The standard InChI is InChI=1S/C14H22N2O4S/c1-4-14(5-2,6-7-17)9-15-13(18)12-8-11(16(19)20)10(3)21-12/h8,17H,4-7,9H2,1-3H3,(H,15,18). The molecule has 0 saturated carbocycles. The number of aliphatic hydroxyl groups is 1. The van der Waals surface area contributed by atoms with Crippen molar-refractivity contribution in [2.75, 3.05) is 13.2 Å². The normalized spacial score (nSPS) is 11.4. The van der Waals surface area contributed by atoms with Crippen molar-refractivity contribution in [2.24, 2.45) is 5.41 Å². The Morgan fingerprint density at radius 3 is 2.52 bits per heavy atom. The molecule has 1 aromatic rings. The fraction of sp³-hybridized carbons (Fsp3) is 0.643. The van der Waals surface area contributed by atoms with E-state index in [9.17, 15) is 14.9 Å². The zero-order valence-corrected chi connectivity index (χ0v) is 13.5. The second-order valence-electron chi connectivity index (χ2n) is 5.17. The minimum atomic E-state index is -0.475. The van der Waals surface area contributed by atoms with Crippen LogP contribution in [0.3, 0.4) is 0 Å². The molecule has 2 N–H and O–H groups in total. The monoisotopic (exact) mass is 314 g/mol. The number of amides is 1. The molecule has 1 amide bonds. The summed E-state index contributed by atoms with van der Waals surface area (Å²) < 4.78 is 0. The molecule has 0 unspecified atom stereocenters. The number of aliphatic hydroxyl groups excluding tert-OH is 1. The first kappa shape index (κ1) is 17.6. The Labute approximate surface area is 128 Å². The maximum Gasteiger partial charge on any atom is 0.283 e. The van der Waals surface area contributed by atoms with Crippen LogP contribution >= 0.6 is 11.3 Å². The average molecular weight is 314 g/mol. The lowest BCUT2D eigenvalue weighted by Gasteiger charge is -2.31. The van der Waals surface area contributed by atoms with E-state index in [1.165, 1.54) is 6.07 Å². The van der Waals surface area contributed by atoms with Gasteiger partial charge in [0.25, 0.3) is 11.6 Å². The van der Waals surface area contributed by atoms with Crippen LogP contribution in [0.4, 0.5) is 5.69 Å². The lowest BCUT2D eigenvalue weighted by Crippen LogP contribution is -2.37. The van der Waals surface area contributed by atoms with Crippen LogP contribution in [0.1, 0.15) is 47.7 Å². The second kappa shape index (κ2) is 7.51. The summed E-state index contributed by atoms with van der Waals surface area (Å²) >= 11 is 1.13. The van der Waals surface area contributed by atoms with Crippen LogP contribution in [0.2, 0.25) is 0 Å². The van der Waals surface area contributed by atoms with Gasteiger partial charge in [0, 0.05) is 19.2 Å². The maximum atomic E-state index is 12.1. The number of thiophene rings is 1. The number of rotatable bonds is 8. The SMILES string of the molecule is CCC(CC)(CCO)CNC(=O)c1cc([N+](=O)[O-])c(C)s1. The predicted octanol–water partition coefficient (Wildman–Crippen LogP) is 2.88. The Bertz CT molecular complexity index is 509. The van der Waals surface area contributed by atoms with Crippen LogP contribution in [0.15, 0.2) is 6.07 Å². The number of hydrogen-bond donors (Lipinski definition) is 2. The first-order valence-electron chi connectivity index (χ1n) is 7.03. The molecule has 0 radical (unpaired) electrons. The van der Waals surface area contributed by atoms with Gasteiger partial charge in [0.15, 0.2) is 0 Å². The Morgan fingerprint density at radius 2 is 2.10 bits per heavy atom. The summed E-state index contributed by atoms with van der Waals surface area (Å²) in [5.41, 5.74) is -0.138. The van der Waals surface area contributed by atoms with Crippen LogP contribution in [0.5, 0.6) is 0 Å². The summed E-state index contributed by atoms with van der Waals surface area (Å²) in [5, 5.41) is 22.8. The molecule has 0 aliphatic rings. The number of nitrogens with one attached hydrogen (secondary N) is 1. The van der Waals surface area contributed by atoms with E-state index in [0.29, 0.717) is 22.7 Å². The van der Waals surface area contributed by atoms with Gasteiger partial charge in [0.2, 0.25) is 0 Å². The van der Waals surface area contributed by atoms with Gasteiger partial charge >= 0.3 is 0 Å². The zero-order valence-electron chi connectivity index (χ0n) is 12.6. The third-order valence-corrected chi connectivity index (χ3v) is 5.12. The molecule has 21 heavy (non-hydrogen) atoms. The van der Waals surface area contributed by atoms with E-state index in [-0.39, 0.29) is 23.6 Å². The van der Waals surface area contributed by atoms with Crippen LogP contribution in [-0.2, 0) is 0 Å². The highest BCUT2D eigenvalue weighted by molar-refractivity contribution is 7.14. The second-order valence-corrected chi connectivity index (χ2v) is 6.43. The molecule has 118 valence electrons. The van der Waals surface area contributed by atoms with Crippen molar-refractivity contribution >= 4 is 22.9 Å². The van der Waals surface area contributed by atoms with Gasteiger partial charge in [-0.25, -0.2) is 0 Å². The lowest BCUT2D eigenvalue weighted by atomic mass is 9.79. The van der Waals surface area contributed by atoms with E-state index < -0.39 is 4.92 Å². The van der Waals surface area contributed by atoms with Gasteiger partial charge in [-0.15, -0.1) is 11.3 Å². The molecule has 0 atom stereocenters. The number of aryl methyl sites for hydroxylation is 1. The largest absolute Gasteiger partial charge is 0.396 e. The summed E-state index contributed by atoms with van der Waals surface area (Å²) in [6.07, 6.45) is 2.34. The smallest absolute Gasteiger partial charge is 0.283 e. The van der Waals surface area contributed by atoms with Crippen molar-refractivity contribution in [1.29, 1.82) is 0 Å². The first-order chi connectivity index (χ1) is 9.89. The Kier molecular flexibility index (Phi) is 6.29. The maximum absolute atomic E-state index is 12.1. The van der Waals surface area contributed by atoms with Gasteiger partial charge in [-0.3, -0.25) is 14.9 Å². The third-order valence-electron chi connectivity index (χ3n) is 4.08. The Morgan fingerprint density at radius 1 is 1.48 bits per heavy atom. The molecule has 0 bridgehead atoms. The van der Waals surface area contributed by atoms with Crippen molar-refractivity contribution in [2.45, 2.75) is 40.0 Å². The van der Waals surface area contributed by atoms with E-state index in [1.807, 2.05) is 13.8 Å². The van der Waals surface area contributed by atoms with E-state index in [2.05, 4.69) is 5.32 Å². The van der Waals surface area contributed by atoms with Gasteiger partial charge in [-0.05, 0) is 31.6 Å². The third kappa shape index (κ3) is 4.25. The van der Waals surface area contributed by atoms with Gasteiger partial charge < -0.3 is 10.4 Å². The fourth-order valence-electron chi connectivity index (χ4n) is 2.30. The number of hydrogen-bond acceptors (Lipinski definition) is 5. The number of nitro groups is 1. The van der Waals surface area contributed by atoms with Crippen LogP contribution < -0.4 is 5.32 Å². The van der Waals surface area contributed by atoms with Crippen molar-refractivity contribution in [3.05, 3.63) is 25.9 Å². The van der Waals surface area contributed by atoms with Crippen LogP contribution in [0.25, 0.3) is 0 Å². The average Bonchev–Trinajstić information content (AvgIpc) is 2.85. The summed E-state index contributed by atoms with van der Waals surface area (Å²) in [4.78, 5) is 23.3. The lowest BCUT2D eigenvalue weighted by molar-refractivity contribution is -0.385. The van der Waals surface area contributed by atoms with E-state index >= 15 is 0 Å². The summed E-state index contributed by atoms with van der Waals surface area (Å²) in [6, 6.07) is 1.32. The summed E-state index contributed by atoms with van der Waals surface area (Å²) in [6.45, 7) is 6.25. The number of nitrogens with zero attached hydrogens (tertiary/aromatic N) is 1. The molecular weight excluding hydrogens is 292 g/mol. The molecule has 0 spiro atoms. The zero-order chi connectivity index (χ0) is 16.0. The minimum Gasteiger partial charge on any atom is -0.396 e. The van der Waals surface area contributed by atoms with Gasteiger partial charge in [-0.1, -0.05) is 13.8 Å². The van der Waals surface area contributed by atoms with Crippen molar-refractivity contribution in [1.82, 2.24) is 5.32 Å². The van der Waals surface area contributed by atoms with Gasteiger partial charge in [0.05, 0.1) is 14.7 Å². The molecule has 0 saturated heterocycles. The molecule has 1 rings (SSSR count). The molecule has 0 aliphatic carbocycles.